The number of ether oxygens (including phenoxy) is 1. The fraction of sp³-hybridized carbons (Fsp3) is 0.533. The van der Waals surface area contributed by atoms with Crippen LogP contribution in [-0.4, -0.2) is 79.5 Å². The molecule has 39 heavy (non-hydrogen) atoms. The lowest BCUT2D eigenvalue weighted by Crippen LogP contribution is -2.49. The molecular weight excluding hydrogens is 510 g/mol. The summed E-state index contributed by atoms with van der Waals surface area (Å²) in [6.07, 6.45) is 7.61. The molecule has 1 saturated heterocycles. The molecule has 0 amide bonds. The Morgan fingerprint density at radius 3 is 2.41 bits per heavy atom. The van der Waals surface area contributed by atoms with E-state index in [0.29, 0.717) is 43.7 Å². The molecule has 0 radical (unpaired) electrons. The number of piperazine rings is 1. The number of benzene rings is 2. The molecule has 0 spiro atoms. The van der Waals surface area contributed by atoms with Crippen molar-refractivity contribution in [2.75, 3.05) is 50.8 Å². The van der Waals surface area contributed by atoms with Crippen molar-refractivity contribution < 1.29 is 13.2 Å². The first-order valence-corrected chi connectivity index (χ1v) is 15.9. The zero-order valence-corrected chi connectivity index (χ0v) is 24.0. The van der Waals surface area contributed by atoms with Crippen LogP contribution in [0.25, 0.3) is 10.9 Å². The predicted octanol–water partition coefficient (Wildman–Crippen LogP) is 4.87. The summed E-state index contributed by atoms with van der Waals surface area (Å²) in [5.41, 5.74) is 1.93. The highest BCUT2D eigenvalue weighted by Crippen LogP contribution is 2.32. The maximum Gasteiger partial charge on any atom is 0.243 e. The van der Waals surface area contributed by atoms with Crippen LogP contribution < -0.4 is 4.90 Å². The lowest BCUT2D eigenvalue weighted by molar-refractivity contribution is 0.0249. The fourth-order valence-corrected chi connectivity index (χ4v) is 7.49. The molecule has 1 unspecified atom stereocenters. The van der Waals surface area contributed by atoms with Crippen molar-refractivity contribution in [1.29, 1.82) is 0 Å². The molecular formula is C30H41N5O3S. The van der Waals surface area contributed by atoms with Crippen LogP contribution in [0.5, 0.6) is 0 Å². The number of aromatic nitrogens is 2. The number of fused-ring (bicyclic) bond motifs is 1. The second-order valence-corrected chi connectivity index (χ2v) is 12.5. The van der Waals surface area contributed by atoms with Crippen molar-refractivity contribution >= 4 is 26.7 Å². The average molecular weight is 552 g/mol. The van der Waals surface area contributed by atoms with E-state index in [4.69, 9.17) is 4.74 Å². The van der Waals surface area contributed by atoms with Crippen molar-refractivity contribution in [3.05, 3.63) is 60.4 Å². The first-order valence-electron chi connectivity index (χ1n) is 14.4. The number of rotatable bonds is 10. The predicted molar refractivity (Wildman–Crippen MR) is 155 cm³/mol. The van der Waals surface area contributed by atoms with Gasteiger partial charge in [-0.3, -0.25) is 4.90 Å². The first-order chi connectivity index (χ1) is 19.0. The Morgan fingerprint density at radius 1 is 0.974 bits per heavy atom. The van der Waals surface area contributed by atoms with Crippen LogP contribution in [0.15, 0.2) is 59.8 Å². The monoisotopic (exact) mass is 551 g/mol. The summed E-state index contributed by atoms with van der Waals surface area (Å²) >= 11 is 0. The van der Waals surface area contributed by atoms with E-state index in [1.165, 1.54) is 19.3 Å². The van der Waals surface area contributed by atoms with E-state index in [-0.39, 0.29) is 6.10 Å². The van der Waals surface area contributed by atoms with Gasteiger partial charge in [-0.1, -0.05) is 49.6 Å². The van der Waals surface area contributed by atoms with E-state index in [1.54, 1.807) is 22.8 Å². The number of nitrogens with zero attached hydrogens (tertiary/aromatic N) is 5. The van der Waals surface area contributed by atoms with Gasteiger partial charge in [0.1, 0.15) is 12.1 Å². The minimum atomic E-state index is -3.64. The van der Waals surface area contributed by atoms with Crippen molar-refractivity contribution in [3.63, 3.8) is 0 Å². The maximum absolute atomic E-state index is 13.8. The summed E-state index contributed by atoms with van der Waals surface area (Å²) in [5.74, 6) is 0.846. The van der Waals surface area contributed by atoms with Crippen LogP contribution in [-0.2, 0) is 14.8 Å². The smallest absolute Gasteiger partial charge is 0.243 e. The number of hydrogen-bond donors (Lipinski definition) is 0. The van der Waals surface area contributed by atoms with Crippen LogP contribution in [0.3, 0.4) is 0 Å². The van der Waals surface area contributed by atoms with Gasteiger partial charge in [-0.05, 0) is 50.5 Å². The Morgan fingerprint density at radius 2 is 1.72 bits per heavy atom. The van der Waals surface area contributed by atoms with Gasteiger partial charge in [0, 0.05) is 57.3 Å². The lowest BCUT2D eigenvalue weighted by Gasteiger charge is -2.36. The second-order valence-electron chi connectivity index (χ2n) is 10.5. The second kappa shape index (κ2) is 12.7. The van der Waals surface area contributed by atoms with Crippen molar-refractivity contribution in [2.24, 2.45) is 0 Å². The van der Waals surface area contributed by atoms with E-state index >= 15 is 0 Å². The van der Waals surface area contributed by atoms with E-state index in [2.05, 4.69) is 38.8 Å². The zero-order valence-electron chi connectivity index (χ0n) is 23.2. The molecule has 1 aromatic heterocycles. The lowest BCUT2D eigenvalue weighted by atomic mass is 9.94. The highest BCUT2D eigenvalue weighted by atomic mass is 32.2. The summed E-state index contributed by atoms with van der Waals surface area (Å²) in [5, 5.41) is 0.812. The zero-order chi connectivity index (χ0) is 27.2. The highest BCUT2D eigenvalue weighted by molar-refractivity contribution is 7.89. The molecule has 3 aromatic rings. The Bertz CT molecular complexity index is 1320. The van der Waals surface area contributed by atoms with Crippen LogP contribution in [0, 0.1) is 0 Å². The molecule has 1 aliphatic carbocycles. The molecule has 2 aliphatic rings. The topological polar surface area (TPSA) is 78.9 Å². The third-order valence-electron chi connectivity index (χ3n) is 8.15. The van der Waals surface area contributed by atoms with Gasteiger partial charge in [0.15, 0.2) is 0 Å². The van der Waals surface area contributed by atoms with Gasteiger partial charge in [-0.2, -0.15) is 4.31 Å². The molecule has 210 valence electrons. The third kappa shape index (κ3) is 6.27. The van der Waals surface area contributed by atoms with Gasteiger partial charge in [-0.15, -0.1) is 0 Å². The molecule has 0 bridgehead atoms. The van der Waals surface area contributed by atoms with E-state index in [1.807, 2.05) is 31.2 Å². The minimum Gasteiger partial charge on any atom is -0.372 e. The summed E-state index contributed by atoms with van der Waals surface area (Å²) in [7, 11) is -3.64. The molecule has 1 atom stereocenters. The first kappa shape index (κ1) is 28.0. The highest BCUT2D eigenvalue weighted by Gasteiger charge is 2.31. The van der Waals surface area contributed by atoms with E-state index < -0.39 is 10.0 Å². The standard InChI is InChI=1S/C30H41N5O3S/c1-3-35(25-13-9-6-10-14-25)30-27-21-26(15-16-28(27)31-23-32-30)39(36,37)34-19-17-33(18-20-34)22-29(38-4-2)24-11-7-5-8-12-24/h5,7-8,11-12,15-16,21,23,25,29H,3-4,6,9-10,13-14,17-20,22H2,1-2H3. The average Bonchev–Trinajstić information content (AvgIpc) is 2.98. The van der Waals surface area contributed by atoms with Crippen LogP contribution in [0.4, 0.5) is 5.82 Å². The summed E-state index contributed by atoms with van der Waals surface area (Å²) < 4.78 is 35.2. The molecule has 9 heteroatoms. The normalized spacial score (nSPS) is 18.8. The largest absolute Gasteiger partial charge is 0.372 e. The summed E-state index contributed by atoms with van der Waals surface area (Å²) in [4.78, 5) is 14.1. The van der Waals surface area contributed by atoms with Gasteiger partial charge in [-0.25, -0.2) is 18.4 Å². The third-order valence-corrected chi connectivity index (χ3v) is 10.0. The molecule has 2 heterocycles. The minimum absolute atomic E-state index is 0.0241. The molecule has 5 rings (SSSR count). The fourth-order valence-electron chi connectivity index (χ4n) is 6.04. The summed E-state index contributed by atoms with van der Waals surface area (Å²) in [6, 6.07) is 16.0. The maximum atomic E-state index is 13.8. The quantitative estimate of drug-likeness (QED) is 0.356. The van der Waals surface area contributed by atoms with Crippen LogP contribution in [0.1, 0.15) is 57.6 Å². The molecule has 2 fully saturated rings. The van der Waals surface area contributed by atoms with Crippen molar-refractivity contribution in [3.8, 4) is 0 Å². The van der Waals surface area contributed by atoms with Gasteiger partial charge in [0.05, 0.1) is 16.5 Å². The molecule has 1 aliphatic heterocycles. The molecule has 2 aromatic carbocycles. The number of hydrogen-bond acceptors (Lipinski definition) is 7. The van der Waals surface area contributed by atoms with E-state index in [0.717, 1.165) is 48.2 Å². The number of sulfonamides is 1. The Hall–Kier alpha value is -2.59. The van der Waals surface area contributed by atoms with Gasteiger partial charge < -0.3 is 9.64 Å². The SMILES string of the molecule is CCOC(CN1CCN(S(=O)(=O)c2ccc3ncnc(N(CC)C4CCCCC4)c3c2)CC1)c1ccccc1. The molecule has 8 nitrogen and oxygen atoms in total. The Labute approximate surface area is 233 Å². The van der Waals surface area contributed by atoms with Gasteiger partial charge in [0.2, 0.25) is 10.0 Å². The van der Waals surface area contributed by atoms with Crippen LogP contribution >= 0.6 is 0 Å². The Kier molecular flexibility index (Phi) is 9.12. The summed E-state index contributed by atoms with van der Waals surface area (Å²) in [6.45, 7) is 8.62. The van der Waals surface area contributed by atoms with Gasteiger partial charge >= 0.3 is 0 Å². The van der Waals surface area contributed by atoms with E-state index in [9.17, 15) is 8.42 Å². The molecule has 1 saturated carbocycles. The van der Waals surface area contributed by atoms with Crippen molar-refractivity contribution in [1.82, 2.24) is 19.2 Å². The number of anilines is 1. The van der Waals surface area contributed by atoms with Crippen molar-refractivity contribution in [2.45, 2.75) is 63.0 Å². The Balaban J connectivity index is 1.32. The van der Waals surface area contributed by atoms with Gasteiger partial charge in [0.25, 0.3) is 0 Å². The molecule has 0 N–H and O–H groups in total. The van der Waals surface area contributed by atoms with Crippen LogP contribution in [0.2, 0.25) is 0 Å².